The highest BCUT2D eigenvalue weighted by atomic mass is 15.2. The van der Waals surface area contributed by atoms with Crippen LogP contribution >= 0.6 is 0 Å². The van der Waals surface area contributed by atoms with Crippen LogP contribution in [0.5, 0.6) is 0 Å². The number of hydrogen-bond donors (Lipinski definition) is 2. The number of nitrogens with one attached hydrogen (secondary N) is 2. The predicted molar refractivity (Wildman–Crippen MR) is 49.9 cm³/mol. The van der Waals surface area contributed by atoms with Gasteiger partial charge in [0, 0.05) is 13.1 Å². The molecule has 1 heterocycles. The van der Waals surface area contributed by atoms with Crippen molar-refractivity contribution in [1.82, 2.24) is 10.6 Å². The van der Waals surface area contributed by atoms with Crippen LogP contribution < -0.4 is 10.6 Å². The number of nitriles is 1. The molecule has 1 aromatic carbocycles. The average Bonchev–Trinajstić information content (AvgIpc) is 2.71. The van der Waals surface area contributed by atoms with Crippen molar-refractivity contribution in [3.05, 3.63) is 35.4 Å². The van der Waals surface area contributed by atoms with Gasteiger partial charge in [0.05, 0.1) is 17.8 Å². The molecular weight excluding hydrogens is 162 g/mol. The van der Waals surface area contributed by atoms with Crippen LogP contribution in [0.25, 0.3) is 0 Å². The van der Waals surface area contributed by atoms with Crippen LogP contribution in [0.2, 0.25) is 0 Å². The van der Waals surface area contributed by atoms with E-state index in [1.54, 1.807) is 0 Å². The Morgan fingerprint density at radius 1 is 1.15 bits per heavy atom. The lowest BCUT2D eigenvalue weighted by molar-refractivity contribution is 0.588. The van der Waals surface area contributed by atoms with E-state index in [-0.39, 0.29) is 6.17 Å². The molecule has 0 atom stereocenters. The largest absolute Gasteiger partial charge is 0.297 e. The van der Waals surface area contributed by atoms with Crippen LogP contribution in [0.1, 0.15) is 17.3 Å². The summed E-state index contributed by atoms with van der Waals surface area (Å²) in [5.41, 5.74) is 1.90. The molecule has 1 aliphatic heterocycles. The van der Waals surface area contributed by atoms with Gasteiger partial charge in [-0.25, -0.2) is 0 Å². The van der Waals surface area contributed by atoms with Gasteiger partial charge in [-0.05, 0) is 17.7 Å². The summed E-state index contributed by atoms with van der Waals surface area (Å²) in [4.78, 5) is 0. The van der Waals surface area contributed by atoms with Crippen molar-refractivity contribution >= 4 is 0 Å². The molecule has 2 rings (SSSR count). The minimum absolute atomic E-state index is 0.257. The Hall–Kier alpha value is -1.37. The minimum atomic E-state index is 0.257. The van der Waals surface area contributed by atoms with Crippen molar-refractivity contribution in [1.29, 1.82) is 5.26 Å². The zero-order valence-electron chi connectivity index (χ0n) is 7.25. The second-order valence-electron chi connectivity index (χ2n) is 3.08. The second-order valence-corrected chi connectivity index (χ2v) is 3.08. The number of hydrogen-bond acceptors (Lipinski definition) is 3. The molecule has 0 amide bonds. The molecule has 1 saturated heterocycles. The topological polar surface area (TPSA) is 47.9 Å². The lowest BCUT2D eigenvalue weighted by Crippen LogP contribution is -2.20. The van der Waals surface area contributed by atoms with Crippen LogP contribution in [-0.2, 0) is 0 Å². The summed E-state index contributed by atoms with van der Waals surface area (Å²) >= 11 is 0. The normalized spacial score (nSPS) is 17.2. The third-order valence-electron chi connectivity index (χ3n) is 2.20. The summed E-state index contributed by atoms with van der Waals surface area (Å²) < 4.78 is 0. The molecule has 0 saturated carbocycles. The Labute approximate surface area is 77.4 Å². The van der Waals surface area contributed by atoms with Crippen molar-refractivity contribution in [3.8, 4) is 6.07 Å². The highest BCUT2D eigenvalue weighted by Gasteiger charge is 2.14. The van der Waals surface area contributed by atoms with Gasteiger partial charge in [0.15, 0.2) is 0 Å². The van der Waals surface area contributed by atoms with Crippen LogP contribution in [0.3, 0.4) is 0 Å². The number of rotatable bonds is 1. The van der Waals surface area contributed by atoms with Crippen molar-refractivity contribution in [3.63, 3.8) is 0 Å². The molecule has 3 nitrogen and oxygen atoms in total. The molecule has 2 N–H and O–H groups in total. The zero-order chi connectivity index (χ0) is 9.10. The van der Waals surface area contributed by atoms with Crippen molar-refractivity contribution in [2.45, 2.75) is 6.17 Å². The van der Waals surface area contributed by atoms with Gasteiger partial charge in [-0.15, -0.1) is 0 Å². The van der Waals surface area contributed by atoms with E-state index < -0.39 is 0 Å². The van der Waals surface area contributed by atoms with Crippen molar-refractivity contribution < 1.29 is 0 Å². The maximum absolute atomic E-state index is 8.61. The molecule has 1 aromatic rings. The molecule has 66 valence electrons. The molecule has 0 spiro atoms. The van der Waals surface area contributed by atoms with Gasteiger partial charge in [-0.3, -0.25) is 10.6 Å². The minimum Gasteiger partial charge on any atom is -0.297 e. The fourth-order valence-electron chi connectivity index (χ4n) is 1.49. The summed E-state index contributed by atoms with van der Waals surface area (Å²) in [6.07, 6.45) is 0.257. The van der Waals surface area contributed by atoms with Gasteiger partial charge in [0.2, 0.25) is 0 Å². The highest BCUT2D eigenvalue weighted by molar-refractivity contribution is 5.32. The number of benzene rings is 1. The van der Waals surface area contributed by atoms with E-state index in [1.165, 1.54) is 5.56 Å². The molecule has 13 heavy (non-hydrogen) atoms. The van der Waals surface area contributed by atoms with Crippen molar-refractivity contribution in [2.24, 2.45) is 0 Å². The molecule has 0 radical (unpaired) electrons. The maximum atomic E-state index is 8.61. The van der Waals surface area contributed by atoms with E-state index in [2.05, 4.69) is 16.7 Å². The maximum Gasteiger partial charge on any atom is 0.0991 e. The molecule has 0 bridgehead atoms. The average molecular weight is 173 g/mol. The Morgan fingerprint density at radius 2 is 1.77 bits per heavy atom. The Bertz CT molecular complexity index is 317. The smallest absolute Gasteiger partial charge is 0.0991 e. The lowest BCUT2D eigenvalue weighted by Gasteiger charge is -2.10. The molecule has 3 heteroatoms. The number of nitrogens with zero attached hydrogens (tertiary/aromatic N) is 1. The molecule has 0 unspecified atom stereocenters. The molecular formula is C10H11N3. The van der Waals surface area contributed by atoms with E-state index in [9.17, 15) is 0 Å². The molecule has 0 aliphatic carbocycles. The van der Waals surface area contributed by atoms with Gasteiger partial charge >= 0.3 is 0 Å². The SMILES string of the molecule is N#Cc1ccc(C2NCCN2)cc1. The zero-order valence-corrected chi connectivity index (χ0v) is 7.25. The molecule has 1 fully saturated rings. The van der Waals surface area contributed by atoms with E-state index in [4.69, 9.17) is 5.26 Å². The summed E-state index contributed by atoms with van der Waals surface area (Å²) in [6.45, 7) is 2.01. The van der Waals surface area contributed by atoms with E-state index in [0.29, 0.717) is 5.56 Å². The first-order valence-electron chi connectivity index (χ1n) is 4.37. The monoisotopic (exact) mass is 173 g/mol. The van der Waals surface area contributed by atoms with Crippen LogP contribution in [0.4, 0.5) is 0 Å². The fourth-order valence-corrected chi connectivity index (χ4v) is 1.49. The third kappa shape index (κ3) is 1.69. The summed E-state index contributed by atoms with van der Waals surface area (Å²) in [7, 11) is 0. The Kier molecular flexibility index (Phi) is 2.26. The lowest BCUT2D eigenvalue weighted by atomic mass is 10.1. The van der Waals surface area contributed by atoms with Gasteiger partial charge in [-0.1, -0.05) is 12.1 Å². The molecule has 1 aliphatic rings. The first-order valence-corrected chi connectivity index (χ1v) is 4.37. The summed E-state index contributed by atoms with van der Waals surface area (Å²) in [5.74, 6) is 0. The molecule has 0 aromatic heterocycles. The second kappa shape index (κ2) is 3.56. The van der Waals surface area contributed by atoms with Gasteiger partial charge in [0.25, 0.3) is 0 Å². The van der Waals surface area contributed by atoms with Crippen LogP contribution in [0.15, 0.2) is 24.3 Å². The first kappa shape index (κ1) is 8.24. The fraction of sp³-hybridized carbons (Fsp3) is 0.300. The van der Waals surface area contributed by atoms with Gasteiger partial charge in [0.1, 0.15) is 0 Å². The third-order valence-corrected chi connectivity index (χ3v) is 2.20. The Morgan fingerprint density at radius 3 is 2.31 bits per heavy atom. The predicted octanol–water partition coefficient (Wildman–Crippen LogP) is 0.750. The summed E-state index contributed by atoms with van der Waals surface area (Å²) in [5, 5.41) is 15.2. The standard InChI is InChI=1S/C10H11N3/c11-7-8-1-3-9(4-2-8)10-12-5-6-13-10/h1-4,10,12-13H,5-6H2. The summed E-state index contributed by atoms with van der Waals surface area (Å²) in [6, 6.07) is 9.75. The van der Waals surface area contributed by atoms with E-state index >= 15 is 0 Å². The van der Waals surface area contributed by atoms with E-state index in [1.807, 2.05) is 24.3 Å². The van der Waals surface area contributed by atoms with Crippen LogP contribution in [-0.4, -0.2) is 13.1 Å². The van der Waals surface area contributed by atoms with Gasteiger partial charge in [-0.2, -0.15) is 5.26 Å². The first-order chi connectivity index (χ1) is 6.40. The Balaban J connectivity index is 2.18. The van der Waals surface area contributed by atoms with Gasteiger partial charge < -0.3 is 0 Å². The van der Waals surface area contributed by atoms with E-state index in [0.717, 1.165) is 13.1 Å². The van der Waals surface area contributed by atoms with Crippen LogP contribution in [0, 0.1) is 11.3 Å². The quantitative estimate of drug-likeness (QED) is 0.658. The highest BCUT2D eigenvalue weighted by Crippen LogP contribution is 2.12. The van der Waals surface area contributed by atoms with Crippen molar-refractivity contribution in [2.75, 3.05) is 13.1 Å².